The highest BCUT2D eigenvalue weighted by atomic mass is 16.6. The lowest BCUT2D eigenvalue weighted by Gasteiger charge is -2.20. The first-order chi connectivity index (χ1) is 13.5. The summed E-state index contributed by atoms with van der Waals surface area (Å²) in [6.45, 7) is 5.57. The van der Waals surface area contributed by atoms with Crippen molar-refractivity contribution in [3.05, 3.63) is 71.8 Å². The van der Waals surface area contributed by atoms with Crippen LogP contribution < -0.4 is 0 Å². The molecule has 1 aromatic carbocycles. The average Bonchev–Trinajstić information content (AvgIpc) is 2.84. The Morgan fingerprint density at radius 3 is 2.61 bits per heavy atom. The number of hydrogen-bond acceptors (Lipinski definition) is 5. The number of hydrogen-bond donors (Lipinski definition) is 0. The van der Waals surface area contributed by atoms with Gasteiger partial charge < -0.3 is 9.47 Å². The first-order valence-electron chi connectivity index (χ1n) is 9.20. The zero-order valence-corrected chi connectivity index (χ0v) is 16.3. The lowest BCUT2D eigenvalue weighted by molar-refractivity contribution is -0.155. The van der Waals surface area contributed by atoms with E-state index < -0.39 is 30.1 Å². The van der Waals surface area contributed by atoms with Gasteiger partial charge in [-0.25, -0.2) is 14.5 Å². The summed E-state index contributed by atoms with van der Waals surface area (Å²) in [6, 6.07) is 8.53. The van der Waals surface area contributed by atoms with Gasteiger partial charge in [0.15, 0.2) is 0 Å². The molecule has 0 N–H and O–H groups in total. The third-order valence-corrected chi connectivity index (χ3v) is 4.23. The van der Waals surface area contributed by atoms with Crippen molar-refractivity contribution in [3.8, 4) is 0 Å². The minimum atomic E-state index is -1.49. The molecule has 1 heterocycles. The van der Waals surface area contributed by atoms with Crippen LogP contribution in [0.3, 0.4) is 0 Å². The molecule has 28 heavy (non-hydrogen) atoms. The highest BCUT2D eigenvalue weighted by molar-refractivity contribution is 6.11. The van der Waals surface area contributed by atoms with Gasteiger partial charge in [-0.15, -0.1) is 0 Å². The first kappa shape index (κ1) is 21.2. The minimum absolute atomic E-state index is 0.119. The second-order valence-corrected chi connectivity index (χ2v) is 6.34. The number of amides is 2. The second kappa shape index (κ2) is 10.3. The van der Waals surface area contributed by atoms with E-state index in [-0.39, 0.29) is 6.61 Å². The molecule has 1 aliphatic heterocycles. The smallest absolute Gasteiger partial charge is 0.418 e. The van der Waals surface area contributed by atoms with Gasteiger partial charge in [0.05, 0.1) is 12.6 Å². The van der Waals surface area contributed by atoms with Crippen molar-refractivity contribution >= 4 is 18.0 Å². The van der Waals surface area contributed by atoms with Gasteiger partial charge in [0.1, 0.15) is 0 Å². The average molecular weight is 383 g/mol. The molecule has 0 bridgehead atoms. The van der Waals surface area contributed by atoms with E-state index in [1.807, 2.05) is 6.07 Å². The van der Waals surface area contributed by atoms with Crippen LogP contribution in [0.1, 0.15) is 38.8 Å². The maximum atomic E-state index is 12.1. The number of carbonyl (C=O) groups excluding carboxylic acids is 3. The highest BCUT2D eigenvalue weighted by Gasteiger charge is 2.48. The topological polar surface area (TPSA) is 72.9 Å². The van der Waals surface area contributed by atoms with Crippen LogP contribution in [0.15, 0.2) is 66.3 Å². The predicted molar refractivity (Wildman–Crippen MR) is 105 cm³/mol. The van der Waals surface area contributed by atoms with Gasteiger partial charge in [0.25, 0.3) is 12.0 Å². The van der Waals surface area contributed by atoms with Gasteiger partial charge >= 0.3 is 12.1 Å². The molecule has 148 valence electrons. The summed E-state index contributed by atoms with van der Waals surface area (Å²) in [6.07, 6.45) is 9.28. The van der Waals surface area contributed by atoms with Gasteiger partial charge in [0, 0.05) is 0 Å². The van der Waals surface area contributed by atoms with E-state index in [2.05, 4.69) is 37.3 Å². The number of imide groups is 1. The standard InChI is InChI=1S/C14H15NO5.C8H10/c1-3-19-13(17)11-12(16)15(14(18)20-11)9(2)10-7-5-4-6-8-10;1-8-6-4-2-3-5-7-8/h4-9,11H,3H2,1-2H3;2-6H,7H2,1H3. The van der Waals surface area contributed by atoms with Crippen LogP contribution in [-0.2, 0) is 19.1 Å². The molecule has 1 aliphatic carbocycles. The van der Waals surface area contributed by atoms with Crippen LogP contribution in [0.4, 0.5) is 4.79 Å². The molecule has 1 aromatic rings. The number of rotatable bonds is 4. The van der Waals surface area contributed by atoms with E-state index in [4.69, 9.17) is 9.47 Å². The summed E-state index contributed by atoms with van der Waals surface area (Å²) in [5.41, 5.74) is 2.21. The number of cyclic esters (lactones) is 1. The molecule has 1 fully saturated rings. The molecule has 0 spiro atoms. The Labute approximate surface area is 165 Å². The van der Waals surface area contributed by atoms with E-state index in [1.54, 1.807) is 38.1 Å². The summed E-state index contributed by atoms with van der Waals surface area (Å²) in [5, 5.41) is 0. The number of allylic oxidation sites excluding steroid dienone is 6. The van der Waals surface area contributed by atoms with Crippen molar-refractivity contribution in [1.29, 1.82) is 0 Å². The maximum absolute atomic E-state index is 12.1. The van der Waals surface area contributed by atoms with Crippen molar-refractivity contribution in [2.45, 2.75) is 39.3 Å². The van der Waals surface area contributed by atoms with Crippen molar-refractivity contribution in [3.63, 3.8) is 0 Å². The highest BCUT2D eigenvalue weighted by Crippen LogP contribution is 2.27. The number of benzene rings is 1. The fourth-order valence-electron chi connectivity index (χ4n) is 2.71. The van der Waals surface area contributed by atoms with Crippen LogP contribution >= 0.6 is 0 Å². The molecule has 1 saturated heterocycles. The predicted octanol–water partition coefficient (Wildman–Crippen LogP) is 4.11. The fraction of sp³-hybridized carbons (Fsp3) is 0.318. The molecule has 2 amide bonds. The molecule has 2 aliphatic rings. The number of esters is 1. The second-order valence-electron chi connectivity index (χ2n) is 6.34. The lowest BCUT2D eigenvalue weighted by Crippen LogP contribution is -2.37. The summed E-state index contributed by atoms with van der Waals surface area (Å²) < 4.78 is 9.52. The van der Waals surface area contributed by atoms with Crippen LogP contribution in [0.25, 0.3) is 0 Å². The molecular weight excluding hydrogens is 358 g/mol. The van der Waals surface area contributed by atoms with E-state index in [9.17, 15) is 14.4 Å². The van der Waals surface area contributed by atoms with Crippen molar-refractivity contribution < 1.29 is 23.9 Å². The number of nitrogens with zero attached hydrogens (tertiary/aromatic N) is 1. The van der Waals surface area contributed by atoms with E-state index in [0.29, 0.717) is 0 Å². The maximum Gasteiger partial charge on any atom is 0.418 e. The third kappa shape index (κ3) is 5.42. The van der Waals surface area contributed by atoms with E-state index in [0.717, 1.165) is 16.9 Å². The number of carbonyl (C=O) groups is 3. The zero-order valence-electron chi connectivity index (χ0n) is 16.3. The Balaban J connectivity index is 0.000000292. The summed E-state index contributed by atoms with van der Waals surface area (Å²) in [5.74, 6) is -1.53. The van der Waals surface area contributed by atoms with Crippen LogP contribution in [-0.4, -0.2) is 35.6 Å². The normalized spacial score (nSPS) is 19.2. The van der Waals surface area contributed by atoms with Crippen molar-refractivity contribution in [2.24, 2.45) is 0 Å². The molecule has 2 unspecified atom stereocenters. The van der Waals surface area contributed by atoms with Gasteiger partial charge in [0.2, 0.25) is 0 Å². The largest absolute Gasteiger partial charge is 0.463 e. The van der Waals surface area contributed by atoms with Gasteiger partial charge in [-0.05, 0) is 32.8 Å². The van der Waals surface area contributed by atoms with Crippen LogP contribution in [0.2, 0.25) is 0 Å². The van der Waals surface area contributed by atoms with E-state index in [1.165, 1.54) is 5.57 Å². The lowest BCUT2D eigenvalue weighted by atomic mass is 10.1. The first-order valence-corrected chi connectivity index (χ1v) is 9.20. The Hall–Kier alpha value is -3.15. The van der Waals surface area contributed by atoms with Crippen molar-refractivity contribution in [2.75, 3.05) is 6.61 Å². The monoisotopic (exact) mass is 383 g/mol. The Kier molecular flexibility index (Phi) is 7.75. The van der Waals surface area contributed by atoms with Crippen LogP contribution in [0, 0.1) is 0 Å². The zero-order chi connectivity index (χ0) is 20.5. The minimum Gasteiger partial charge on any atom is -0.463 e. The van der Waals surface area contributed by atoms with E-state index >= 15 is 0 Å². The van der Waals surface area contributed by atoms with Crippen LogP contribution in [0.5, 0.6) is 0 Å². The summed E-state index contributed by atoms with van der Waals surface area (Å²) >= 11 is 0. The van der Waals surface area contributed by atoms with Gasteiger partial charge in [-0.1, -0.05) is 66.3 Å². The molecule has 0 saturated carbocycles. The number of ether oxygens (including phenoxy) is 2. The molecule has 6 nitrogen and oxygen atoms in total. The molecule has 3 rings (SSSR count). The quantitative estimate of drug-likeness (QED) is 0.578. The molecular formula is C22H25NO5. The SMILES string of the molecule is CC1=CC=CC=CC1.CCOC(=O)C1OC(=O)N(C(C)c2ccccc2)C1=O. The Bertz CT molecular complexity index is 794. The van der Waals surface area contributed by atoms with Gasteiger partial charge in [-0.2, -0.15) is 0 Å². The van der Waals surface area contributed by atoms with Crippen molar-refractivity contribution in [1.82, 2.24) is 4.90 Å². The summed E-state index contributed by atoms with van der Waals surface area (Å²) in [4.78, 5) is 36.4. The Morgan fingerprint density at radius 2 is 1.93 bits per heavy atom. The molecule has 0 radical (unpaired) electrons. The molecule has 0 aromatic heterocycles. The summed E-state index contributed by atoms with van der Waals surface area (Å²) in [7, 11) is 0. The third-order valence-electron chi connectivity index (χ3n) is 4.23. The Morgan fingerprint density at radius 1 is 1.21 bits per heavy atom. The fourth-order valence-corrected chi connectivity index (χ4v) is 2.71. The molecule has 6 heteroatoms. The van der Waals surface area contributed by atoms with Gasteiger partial charge in [-0.3, -0.25) is 4.79 Å². The molecule has 2 atom stereocenters.